The van der Waals surface area contributed by atoms with E-state index in [1.165, 1.54) is 0 Å². The van der Waals surface area contributed by atoms with Crippen molar-refractivity contribution < 1.29 is 4.79 Å². The lowest BCUT2D eigenvalue weighted by molar-refractivity contribution is 0.0963. The van der Waals surface area contributed by atoms with Crippen LogP contribution in [0.2, 0.25) is 0 Å². The molecule has 0 aliphatic heterocycles. The minimum absolute atomic E-state index is 0.0437. The fourth-order valence-corrected chi connectivity index (χ4v) is 1.29. The van der Waals surface area contributed by atoms with E-state index >= 15 is 0 Å². The van der Waals surface area contributed by atoms with Crippen molar-refractivity contribution in [2.24, 2.45) is 0 Å². The lowest BCUT2D eigenvalue weighted by Gasteiger charge is -2.00. The number of alkyl halides is 1. The summed E-state index contributed by atoms with van der Waals surface area (Å²) in [6, 6.07) is 7.51. The predicted molar refractivity (Wildman–Crippen MR) is 52.5 cm³/mol. The van der Waals surface area contributed by atoms with Crippen LogP contribution in [-0.2, 0) is 5.33 Å². The lowest BCUT2D eigenvalue weighted by atomic mass is 10.1. The standard InChI is InChI=1S/C9H10BrNO/c1-11-9(12)8-4-2-3-7(5-8)6-10/h2-5H,6H2,1H3,(H,11,12). The van der Waals surface area contributed by atoms with Gasteiger partial charge >= 0.3 is 0 Å². The molecule has 12 heavy (non-hydrogen) atoms. The van der Waals surface area contributed by atoms with Crippen LogP contribution in [0.15, 0.2) is 24.3 Å². The SMILES string of the molecule is CNC(=O)c1cccc(CBr)c1. The Kier molecular flexibility index (Phi) is 3.29. The number of carbonyl (C=O) groups is 1. The molecule has 0 spiro atoms. The molecule has 0 bridgehead atoms. The molecule has 1 aromatic carbocycles. The van der Waals surface area contributed by atoms with Crippen molar-refractivity contribution in [1.82, 2.24) is 5.32 Å². The first kappa shape index (κ1) is 9.26. The molecular weight excluding hydrogens is 218 g/mol. The van der Waals surface area contributed by atoms with Crippen molar-refractivity contribution >= 4 is 21.8 Å². The minimum atomic E-state index is -0.0437. The predicted octanol–water partition coefficient (Wildman–Crippen LogP) is 1.94. The normalized spacial score (nSPS) is 9.50. The maximum Gasteiger partial charge on any atom is 0.251 e. The number of rotatable bonds is 2. The molecule has 1 amide bonds. The molecule has 0 saturated carbocycles. The van der Waals surface area contributed by atoms with Gasteiger partial charge in [0, 0.05) is 17.9 Å². The largest absolute Gasteiger partial charge is 0.355 e. The van der Waals surface area contributed by atoms with Gasteiger partial charge in [0.1, 0.15) is 0 Å². The Morgan fingerprint density at radius 3 is 2.92 bits per heavy atom. The topological polar surface area (TPSA) is 29.1 Å². The second-order valence-electron chi connectivity index (χ2n) is 2.41. The van der Waals surface area contributed by atoms with Gasteiger partial charge in [0.05, 0.1) is 0 Å². The van der Waals surface area contributed by atoms with Gasteiger partial charge in [0.15, 0.2) is 0 Å². The zero-order valence-electron chi connectivity index (χ0n) is 6.80. The molecule has 0 aromatic heterocycles. The number of benzene rings is 1. The van der Waals surface area contributed by atoms with Crippen LogP contribution in [0.25, 0.3) is 0 Å². The summed E-state index contributed by atoms with van der Waals surface area (Å²) >= 11 is 3.33. The van der Waals surface area contributed by atoms with Crippen molar-refractivity contribution in [3.8, 4) is 0 Å². The highest BCUT2D eigenvalue weighted by Gasteiger charge is 2.01. The first-order chi connectivity index (χ1) is 5.77. The van der Waals surface area contributed by atoms with Gasteiger partial charge in [0.2, 0.25) is 0 Å². The summed E-state index contributed by atoms with van der Waals surface area (Å²) in [6.07, 6.45) is 0. The van der Waals surface area contributed by atoms with Crippen LogP contribution in [0.1, 0.15) is 15.9 Å². The first-order valence-electron chi connectivity index (χ1n) is 3.65. The van der Waals surface area contributed by atoms with Gasteiger partial charge in [-0.05, 0) is 17.7 Å². The maximum absolute atomic E-state index is 11.2. The quantitative estimate of drug-likeness (QED) is 0.770. The van der Waals surface area contributed by atoms with Crippen LogP contribution in [0.3, 0.4) is 0 Å². The van der Waals surface area contributed by atoms with E-state index < -0.39 is 0 Å². The number of nitrogens with one attached hydrogen (secondary N) is 1. The average molecular weight is 228 g/mol. The third-order valence-corrected chi connectivity index (χ3v) is 2.22. The van der Waals surface area contributed by atoms with E-state index in [4.69, 9.17) is 0 Å². The number of hydrogen-bond donors (Lipinski definition) is 1. The van der Waals surface area contributed by atoms with Crippen molar-refractivity contribution in [3.63, 3.8) is 0 Å². The lowest BCUT2D eigenvalue weighted by Crippen LogP contribution is -2.17. The van der Waals surface area contributed by atoms with Gasteiger partial charge in [-0.1, -0.05) is 28.1 Å². The van der Waals surface area contributed by atoms with Crippen LogP contribution in [-0.4, -0.2) is 13.0 Å². The Balaban J connectivity index is 2.93. The molecule has 1 N–H and O–H groups in total. The Morgan fingerprint density at radius 1 is 1.58 bits per heavy atom. The Hall–Kier alpha value is -0.830. The number of amides is 1. The van der Waals surface area contributed by atoms with E-state index in [1.54, 1.807) is 13.1 Å². The van der Waals surface area contributed by atoms with Crippen molar-refractivity contribution in [1.29, 1.82) is 0 Å². The molecule has 0 unspecified atom stereocenters. The summed E-state index contributed by atoms with van der Waals surface area (Å²) in [5.41, 5.74) is 1.81. The van der Waals surface area contributed by atoms with Gasteiger partial charge in [0.25, 0.3) is 5.91 Å². The van der Waals surface area contributed by atoms with E-state index in [2.05, 4.69) is 21.2 Å². The van der Waals surface area contributed by atoms with Crippen LogP contribution in [0.5, 0.6) is 0 Å². The molecule has 0 aliphatic rings. The highest BCUT2D eigenvalue weighted by molar-refractivity contribution is 9.08. The molecule has 3 heteroatoms. The summed E-state index contributed by atoms with van der Waals surface area (Å²) in [4.78, 5) is 11.2. The molecule has 0 saturated heterocycles. The van der Waals surface area contributed by atoms with Crippen molar-refractivity contribution in [3.05, 3.63) is 35.4 Å². The van der Waals surface area contributed by atoms with Crippen molar-refractivity contribution in [2.45, 2.75) is 5.33 Å². The zero-order chi connectivity index (χ0) is 8.97. The summed E-state index contributed by atoms with van der Waals surface area (Å²) in [5, 5.41) is 3.35. The first-order valence-corrected chi connectivity index (χ1v) is 4.77. The zero-order valence-corrected chi connectivity index (χ0v) is 8.39. The third kappa shape index (κ3) is 2.08. The fourth-order valence-electron chi connectivity index (χ4n) is 0.940. The third-order valence-electron chi connectivity index (χ3n) is 1.57. The van der Waals surface area contributed by atoms with E-state index in [-0.39, 0.29) is 5.91 Å². The van der Waals surface area contributed by atoms with E-state index in [0.29, 0.717) is 5.56 Å². The monoisotopic (exact) mass is 227 g/mol. The molecule has 0 aliphatic carbocycles. The molecule has 64 valence electrons. The minimum Gasteiger partial charge on any atom is -0.355 e. The second kappa shape index (κ2) is 4.26. The van der Waals surface area contributed by atoms with Crippen molar-refractivity contribution in [2.75, 3.05) is 7.05 Å². The summed E-state index contributed by atoms with van der Waals surface area (Å²) in [5.74, 6) is -0.0437. The molecule has 0 heterocycles. The number of hydrogen-bond acceptors (Lipinski definition) is 1. The van der Waals surface area contributed by atoms with E-state index in [0.717, 1.165) is 10.9 Å². The maximum atomic E-state index is 11.2. The van der Waals surface area contributed by atoms with Gasteiger partial charge in [-0.2, -0.15) is 0 Å². The highest BCUT2D eigenvalue weighted by Crippen LogP contribution is 2.08. The van der Waals surface area contributed by atoms with Crippen LogP contribution >= 0.6 is 15.9 Å². The van der Waals surface area contributed by atoms with Gasteiger partial charge in [-0.3, -0.25) is 4.79 Å². The van der Waals surface area contributed by atoms with Gasteiger partial charge in [-0.15, -0.1) is 0 Å². The Labute approximate surface area is 80.1 Å². The molecule has 1 rings (SSSR count). The second-order valence-corrected chi connectivity index (χ2v) is 2.97. The average Bonchev–Trinajstić information content (AvgIpc) is 2.17. The Bertz CT molecular complexity index is 286. The molecule has 0 atom stereocenters. The van der Waals surface area contributed by atoms with Gasteiger partial charge < -0.3 is 5.32 Å². The van der Waals surface area contributed by atoms with Crippen LogP contribution < -0.4 is 5.32 Å². The van der Waals surface area contributed by atoms with Crippen LogP contribution in [0, 0.1) is 0 Å². The molecule has 1 aromatic rings. The smallest absolute Gasteiger partial charge is 0.251 e. The summed E-state index contributed by atoms with van der Waals surface area (Å²) in [6.45, 7) is 0. The van der Waals surface area contributed by atoms with E-state index in [9.17, 15) is 4.79 Å². The summed E-state index contributed by atoms with van der Waals surface area (Å²) in [7, 11) is 1.63. The molecule has 0 radical (unpaired) electrons. The molecule has 0 fully saturated rings. The molecular formula is C9H10BrNO. The Morgan fingerprint density at radius 2 is 2.33 bits per heavy atom. The number of halogens is 1. The number of carbonyl (C=O) groups excluding carboxylic acids is 1. The fraction of sp³-hybridized carbons (Fsp3) is 0.222. The highest BCUT2D eigenvalue weighted by atomic mass is 79.9. The van der Waals surface area contributed by atoms with Gasteiger partial charge in [-0.25, -0.2) is 0 Å². The molecule has 2 nitrogen and oxygen atoms in total. The summed E-state index contributed by atoms with van der Waals surface area (Å²) < 4.78 is 0. The van der Waals surface area contributed by atoms with E-state index in [1.807, 2.05) is 18.2 Å². The van der Waals surface area contributed by atoms with Crippen LogP contribution in [0.4, 0.5) is 0 Å².